The van der Waals surface area contributed by atoms with Gasteiger partial charge in [-0.1, -0.05) is 6.42 Å². The molecule has 164 valence electrons. The molecule has 0 fully saturated rings. The number of rotatable bonds is 10. The average molecular weight is 439 g/mol. The van der Waals surface area contributed by atoms with Gasteiger partial charge in [0.05, 0.1) is 4.90 Å². The van der Waals surface area contributed by atoms with Crippen molar-refractivity contribution in [2.75, 3.05) is 19.8 Å². The Bertz CT molecular complexity index is 974. The lowest BCUT2D eigenvalue weighted by atomic mass is 10.2. The molecule has 1 aromatic heterocycles. The van der Waals surface area contributed by atoms with Gasteiger partial charge in [-0.2, -0.15) is 0 Å². The van der Waals surface area contributed by atoms with Crippen molar-refractivity contribution in [2.45, 2.75) is 50.5 Å². The summed E-state index contributed by atoms with van der Waals surface area (Å²) in [6.45, 7) is 4.42. The highest BCUT2D eigenvalue weighted by molar-refractivity contribution is 7.89. The normalized spacial score (nSPS) is 14.3. The van der Waals surface area contributed by atoms with E-state index in [1.807, 2.05) is 0 Å². The Balaban J connectivity index is 1.35. The highest BCUT2D eigenvalue weighted by atomic mass is 32.2. The van der Waals surface area contributed by atoms with E-state index in [1.54, 1.807) is 19.9 Å². The molecule has 1 unspecified atom stereocenters. The number of unbranched alkanes of at least 4 members (excludes halogenated alkanes) is 2. The van der Waals surface area contributed by atoms with Crippen LogP contribution in [0.4, 0.5) is 0 Å². The maximum absolute atomic E-state index is 12.4. The topological polar surface area (TPSA) is 130 Å². The van der Waals surface area contributed by atoms with Gasteiger partial charge in [0.25, 0.3) is 5.89 Å². The highest BCUT2D eigenvalue weighted by Gasteiger charge is 2.19. The SMILES string of the molecule is Cc1nnc(C(C)OC(=O)CCCCCNS(=O)(=O)c2ccc3c(c2)OCCO3)o1. The number of carbonyl (C=O) groups is 1. The number of benzene rings is 1. The summed E-state index contributed by atoms with van der Waals surface area (Å²) >= 11 is 0. The van der Waals surface area contributed by atoms with E-state index in [0.717, 1.165) is 0 Å². The number of nitrogens with one attached hydrogen (secondary N) is 1. The Kier molecular flexibility index (Phi) is 7.27. The zero-order valence-electron chi connectivity index (χ0n) is 16.9. The van der Waals surface area contributed by atoms with Gasteiger partial charge in [-0.05, 0) is 31.9 Å². The van der Waals surface area contributed by atoms with Crippen LogP contribution in [0, 0.1) is 6.92 Å². The molecule has 2 heterocycles. The lowest BCUT2D eigenvalue weighted by Crippen LogP contribution is -2.25. The van der Waals surface area contributed by atoms with Crippen molar-refractivity contribution in [1.29, 1.82) is 0 Å². The van der Waals surface area contributed by atoms with E-state index < -0.39 is 16.1 Å². The van der Waals surface area contributed by atoms with Crippen LogP contribution >= 0.6 is 0 Å². The van der Waals surface area contributed by atoms with Crippen LogP contribution in [0.15, 0.2) is 27.5 Å². The fourth-order valence-electron chi connectivity index (χ4n) is 2.83. The first kappa shape index (κ1) is 22.0. The third-order valence-electron chi connectivity index (χ3n) is 4.37. The minimum absolute atomic E-state index is 0.126. The van der Waals surface area contributed by atoms with Crippen LogP contribution < -0.4 is 14.2 Å². The van der Waals surface area contributed by atoms with E-state index in [0.29, 0.717) is 49.9 Å². The quantitative estimate of drug-likeness (QED) is 0.438. The van der Waals surface area contributed by atoms with Gasteiger partial charge >= 0.3 is 5.97 Å². The predicted octanol–water partition coefficient (Wildman–Crippen LogP) is 2.29. The number of nitrogens with zero attached hydrogens (tertiary/aromatic N) is 2. The summed E-state index contributed by atoms with van der Waals surface area (Å²) in [4.78, 5) is 12.0. The van der Waals surface area contributed by atoms with Gasteiger partial charge < -0.3 is 18.6 Å². The number of esters is 1. The Morgan fingerprint density at radius 2 is 1.93 bits per heavy atom. The van der Waals surface area contributed by atoms with Crippen molar-refractivity contribution in [1.82, 2.24) is 14.9 Å². The second-order valence-corrected chi connectivity index (χ2v) is 8.57. The van der Waals surface area contributed by atoms with Crippen molar-refractivity contribution in [2.24, 2.45) is 0 Å². The number of sulfonamides is 1. The van der Waals surface area contributed by atoms with Crippen molar-refractivity contribution in [3.8, 4) is 11.5 Å². The molecule has 1 atom stereocenters. The highest BCUT2D eigenvalue weighted by Crippen LogP contribution is 2.32. The molecule has 0 bridgehead atoms. The number of fused-ring (bicyclic) bond motifs is 1. The van der Waals surface area contributed by atoms with E-state index in [2.05, 4.69) is 14.9 Å². The van der Waals surface area contributed by atoms with Crippen LogP contribution in [0.5, 0.6) is 11.5 Å². The summed E-state index contributed by atoms with van der Waals surface area (Å²) in [5, 5.41) is 7.51. The molecule has 1 aliphatic rings. The first-order valence-electron chi connectivity index (χ1n) is 9.74. The van der Waals surface area contributed by atoms with Crippen LogP contribution in [0.3, 0.4) is 0 Å². The number of hydrogen-bond acceptors (Lipinski definition) is 9. The van der Waals surface area contributed by atoms with E-state index >= 15 is 0 Å². The maximum atomic E-state index is 12.4. The van der Waals surface area contributed by atoms with Crippen molar-refractivity contribution in [3.05, 3.63) is 30.0 Å². The number of ether oxygens (including phenoxy) is 3. The molecule has 0 radical (unpaired) electrons. The zero-order chi connectivity index (χ0) is 21.6. The molecule has 0 amide bonds. The number of hydrogen-bond donors (Lipinski definition) is 1. The number of carbonyl (C=O) groups excluding carboxylic acids is 1. The second kappa shape index (κ2) is 9.90. The molecular weight excluding hydrogens is 414 g/mol. The van der Waals surface area contributed by atoms with Gasteiger partial charge in [-0.15, -0.1) is 10.2 Å². The Labute approximate surface area is 175 Å². The molecular formula is C19H25N3O7S. The molecule has 30 heavy (non-hydrogen) atoms. The van der Waals surface area contributed by atoms with Gasteiger partial charge in [0.1, 0.15) is 13.2 Å². The summed E-state index contributed by atoms with van der Waals surface area (Å²) in [5.41, 5.74) is 0. The third kappa shape index (κ3) is 5.92. The fourth-order valence-corrected chi connectivity index (χ4v) is 3.92. The van der Waals surface area contributed by atoms with Crippen LogP contribution in [-0.2, 0) is 19.6 Å². The number of aryl methyl sites for hydroxylation is 1. The van der Waals surface area contributed by atoms with Gasteiger partial charge in [-0.3, -0.25) is 4.79 Å². The third-order valence-corrected chi connectivity index (χ3v) is 5.83. The van der Waals surface area contributed by atoms with Crippen LogP contribution in [-0.4, -0.2) is 44.3 Å². The Morgan fingerprint density at radius 1 is 1.17 bits per heavy atom. The molecule has 0 saturated heterocycles. The summed E-state index contributed by atoms with van der Waals surface area (Å²) in [7, 11) is -3.64. The predicted molar refractivity (Wildman–Crippen MR) is 105 cm³/mol. The molecule has 2 aromatic rings. The molecule has 0 saturated carbocycles. The lowest BCUT2D eigenvalue weighted by Gasteiger charge is -2.18. The molecule has 0 aliphatic carbocycles. The van der Waals surface area contributed by atoms with Crippen LogP contribution in [0.2, 0.25) is 0 Å². The molecule has 1 aromatic carbocycles. The molecule has 0 spiro atoms. The first-order chi connectivity index (χ1) is 14.3. The van der Waals surface area contributed by atoms with Gasteiger partial charge in [0.15, 0.2) is 17.6 Å². The molecule has 11 heteroatoms. The van der Waals surface area contributed by atoms with Crippen molar-refractivity contribution < 1.29 is 31.8 Å². The van der Waals surface area contributed by atoms with Crippen molar-refractivity contribution >= 4 is 16.0 Å². The Morgan fingerprint density at radius 3 is 2.67 bits per heavy atom. The fraction of sp³-hybridized carbons (Fsp3) is 0.526. The van der Waals surface area contributed by atoms with Crippen LogP contribution in [0.25, 0.3) is 0 Å². The van der Waals surface area contributed by atoms with E-state index in [-0.39, 0.29) is 29.7 Å². The largest absolute Gasteiger partial charge is 0.486 e. The minimum Gasteiger partial charge on any atom is -0.486 e. The first-order valence-corrected chi connectivity index (χ1v) is 11.2. The average Bonchev–Trinajstić information content (AvgIpc) is 3.16. The smallest absolute Gasteiger partial charge is 0.306 e. The van der Waals surface area contributed by atoms with E-state index in [1.165, 1.54) is 12.1 Å². The van der Waals surface area contributed by atoms with Gasteiger partial charge in [0, 0.05) is 26.0 Å². The number of aromatic nitrogens is 2. The molecule has 1 N–H and O–H groups in total. The summed E-state index contributed by atoms with van der Waals surface area (Å²) in [6.07, 6.45) is 1.48. The molecule has 3 rings (SSSR count). The van der Waals surface area contributed by atoms with Crippen molar-refractivity contribution in [3.63, 3.8) is 0 Å². The monoisotopic (exact) mass is 439 g/mol. The van der Waals surface area contributed by atoms with Crippen LogP contribution in [0.1, 0.15) is 50.5 Å². The Hall–Kier alpha value is -2.66. The zero-order valence-corrected chi connectivity index (χ0v) is 17.7. The lowest BCUT2D eigenvalue weighted by molar-refractivity contribution is -0.149. The minimum atomic E-state index is -3.64. The van der Waals surface area contributed by atoms with E-state index in [9.17, 15) is 13.2 Å². The molecule has 10 nitrogen and oxygen atoms in total. The van der Waals surface area contributed by atoms with E-state index in [4.69, 9.17) is 18.6 Å². The van der Waals surface area contributed by atoms with Gasteiger partial charge in [0.2, 0.25) is 15.9 Å². The summed E-state index contributed by atoms with van der Waals surface area (Å²) in [5.74, 6) is 1.26. The maximum Gasteiger partial charge on any atom is 0.306 e. The van der Waals surface area contributed by atoms with Gasteiger partial charge in [-0.25, -0.2) is 13.1 Å². The summed E-state index contributed by atoms with van der Waals surface area (Å²) in [6, 6.07) is 4.53. The summed E-state index contributed by atoms with van der Waals surface area (Å²) < 4.78 is 48.7. The second-order valence-electron chi connectivity index (χ2n) is 6.81. The standard InChI is InChI=1S/C19H25N3O7S/c1-13(19-22-21-14(2)29-19)28-18(23)6-4-3-5-9-20-30(24,25)15-7-8-16-17(12-15)27-11-10-26-16/h7-8,12-13,20H,3-6,9-11H2,1-2H3. The molecule has 1 aliphatic heterocycles.